The van der Waals surface area contributed by atoms with Crippen LogP contribution in [0.5, 0.6) is 0 Å². The molecule has 0 aromatic heterocycles. The number of rotatable bonds is 3. The van der Waals surface area contributed by atoms with E-state index in [9.17, 15) is 0 Å². The predicted molar refractivity (Wildman–Crippen MR) is 103 cm³/mol. The zero-order valence-corrected chi connectivity index (χ0v) is 15.4. The van der Waals surface area contributed by atoms with Crippen LogP contribution in [0.1, 0.15) is 18.9 Å². The largest absolute Gasteiger partial charge is 0.372 e. The van der Waals surface area contributed by atoms with Gasteiger partial charge in [0.05, 0.1) is 11.6 Å². The van der Waals surface area contributed by atoms with Crippen molar-refractivity contribution in [2.24, 2.45) is 5.92 Å². The molecule has 4 rings (SSSR count). The van der Waals surface area contributed by atoms with Crippen LogP contribution in [-0.2, 0) is 6.42 Å². The topological polar surface area (TPSA) is 6.48 Å². The van der Waals surface area contributed by atoms with Crippen LogP contribution in [0.4, 0.5) is 0 Å². The molecule has 2 nitrogen and oxygen atoms in total. The Labute approximate surface area is 151 Å². The van der Waals surface area contributed by atoms with Crippen molar-refractivity contribution >= 4 is 12.4 Å². The molecule has 0 radical (unpaired) electrons. The van der Waals surface area contributed by atoms with Gasteiger partial charge in [-0.1, -0.05) is 60.2 Å². The monoisotopic (exact) mass is 342 g/mol. The second-order valence-electron chi connectivity index (χ2n) is 7.18. The molecule has 0 N–H and O–H groups in total. The molecule has 1 fully saturated rings. The summed E-state index contributed by atoms with van der Waals surface area (Å²) in [6, 6.07) is 11.3. The number of hydrogen-bond donors (Lipinski definition) is 0. The van der Waals surface area contributed by atoms with Crippen LogP contribution >= 0.6 is 12.4 Å². The summed E-state index contributed by atoms with van der Waals surface area (Å²) in [6.45, 7) is 4.65. The molecule has 128 valence electrons. The van der Waals surface area contributed by atoms with Crippen molar-refractivity contribution in [1.82, 2.24) is 9.80 Å². The highest BCUT2D eigenvalue weighted by molar-refractivity contribution is 5.85. The maximum Gasteiger partial charge on any atom is 0.0702 e. The molecule has 1 spiro atoms. The third-order valence-corrected chi connectivity index (χ3v) is 5.94. The van der Waals surface area contributed by atoms with E-state index in [-0.39, 0.29) is 17.9 Å². The van der Waals surface area contributed by atoms with Crippen molar-refractivity contribution < 1.29 is 0 Å². The van der Waals surface area contributed by atoms with E-state index in [1.807, 2.05) is 0 Å². The third-order valence-electron chi connectivity index (χ3n) is 5.94. The fourth-order valence-corrected chi connectivity index (χ4v) is 4.94. The first-order valence-corrected chi connectivity index (χ1v) is 8.77. The summed E-state index contributed by atoms with van der Waals surface area (Å²) in [5, 5.41) is 0. The van der Waals surface area contributed by atoms with Crippen LogP contribution in [0.2, 0.25) is 0 Å². The number of benzene rings is 1. The van der Waals surface area contributed by atoms with E-state index in [0.717, 1.165) is 13.0 Å². The molecule has 2 heterocycles. The fourth-order valence-electron chi connectivity index (χ4n) is 4.94. The number of nitrogens with zero attached hydrogens (tertiary/aromatic N) is 2. The quantitative estimate of drug-likeness (QED) is 0.817. The Balaban J connectivity index is 0.00000169. The Morgan fingerprint density at radius 1 is 1.17 bits per heavy atom. The van der Waals surface area contributed by atoms with Crippen molar-refractivity contribution in [3.63, 3.8) is 0 Å². The van der Waals surface area contributed by atoms with Crippen LogP contribution in [0, 0.1) is 5.92 Å². The Morgan fingerprint density at radius 3 is 2.75 bits per heavy atom. The standard InChI is InChI=1S/C21H26N2.ClH/c1-17-16-22(2)20-10-6-7-13-21(20)19(17)12-15-23(21)14-11-18-8-4-3-5-9-18;/h3-10,13,16,19-20H,11-12,14-15H2,1-2H3;1H. The number of halogens is 1. The van der Waals surface area contributed by atoms with Gasteiger partial charge >= 0.3 is 0 Å². The lowest BCUT2D eigenvalue weighted by Crippen LogP contribution is -2.62. The molecule has 1 aromatic carbocycles. The van der Waals surface area contributed by atoms with Gasteiger partial charge in [-0.3, -0.25) is 4.90 Å². The zero-order valence-electron chi connectivity index (χ0n) is 14.6. The highest BCUT2D eigenvalue weighted by Gasteiger charge is 2.54. The maximum absolute atomic E-state index is 2.74. The molecule has 24 heavy (non-hydrogen) atoms. The Bertz CT molecular complexity index is 664. The molecule has 0 bridgehead atoms. The molecule has 0 saturated carbocycles. The summed E-state index contributed by atoms with van der Waals surface area (Å²) in [6.07, 6.45) is 14.1. The molecule has 1 aromatic rings. The number of hydrogen-bond acceptors (Lipinski definition) is 2. The zero-order chi connectivity index (χ0) is 15.9. The van der Waals surface area contributed by atoms with Crippen LogP contribution in [0.15, 0.2) is 66.4 Å². The molecule has 3 heteroatoms. The van der Waals surface area contributed by atoms with Crippen LogP contribution in [0.3, 0.4) is 0 Å². The maximum atomic E-state index is 2.74. The lowest BCUT2D eigenvalue weighted by molar-refractivity contribution is 0.0809. The summed E-state index contributed by atoms with van der Waals surface area (Å²) < 4.78 is 0. The molecule has 1 aliphatic carbocycles. The van der Waals surface area contributed by atoms with E-state index in [2.05, 4.69) is 84.6 Å². The minimum absolute atomic E-state index is 0. The molecule has 1 saturated heterocycles. The third kappa shape index (κ3) is 2.62. The van der Waals surface area contributed by atoms with E-state index in [0.29, 0.717) is 12.0 Å². The second kappa shape index (κ2) is 6.78. The van der Waals surface area contributed by atoms with Crippen molar-refractivity contribution in [2.45, 2.75) is 31.3 Å². The molecule has 3 aliphatic rings. The summed E-state index contributed by atoms with van der Waals surface area (Å²) in [7, 11) is 2.23. The van der Waals surface area contributed by atoms with Crippen molar-refractivity contribution in [3.8, 4) is 0 Å². The average Bonchev–Trinajstić information content (AvgIpc) is 2.93. The highest BCUT2D eigenvalue weighted by Crippen LogP contribution is 2.48. The van der Waals surface area contributed by atoms with E-state index < -0.39 is 0 Å². The number of allylic oxidation sites excluding steroid dienone is 2. The van der Waals surface area contributed by atoms with Gasteiger partial charge in [0.15, 0.2) is 0 Å². The van der Waals surface area contributed by atoms with E-state index in [4.69, 9.17) is 0 Å². The van der Waals surface area contributed by atoms with E-state index >= 15 is 0 Å². The molecule has 3 unspecified atom stereocenters. The average molecular weight is 343 g/mol. The van der Waals surface area contributed by atoms with Gasteiger partial charge in [0, 0.05) is 19.5 Å². The van der Waals surface area contributed by atoms with Crippen LogP contribution < -0.4 is 0 Å². The minimum Gasteiger partial charge on any atom is -0.372 e. The van der Waals surface area contributed by atoms with Gasteiger partial charge in [0.25, 0.3) is 0 Å². The molecule has 0 amide bonds. The van der Waals surface area contributed by atoms with E-state index in [1.165, 1.54) is 24.1 Å². The lowest BCUT2D eigenvalue weighted by Gasteiger charge is -2.52. The van der Waals surface area contributed by atoms with Crippen LogP contribution in [-0.4, -0.2) is 41.5 Å². The molecule has 2 aliphatic heterocycles. The first-order chi connectivity index (χ1) is 11.2. The normalized spacial score (nSPS) is 31.2. The Kier molecular flexibility index (Phi) is 4.89. The second-order valence-corrected chi connectivity index (χ2v) is 7.18. The summed E-state index contributed by atoms with van der Waals surface area (Å²) in [4.78, 5) is 5.15. The van der Waals surface area contributed by atoms with Gasteiger partial charge in [-0.25, -0.2) is 0 Å². The van der Waals surface area contributed by atoms with Gasteiger partial charge in [-0.15, -0.1) is 12.4 Å². The molecular formula is C21H27ClN2. The summed E-state index contributed by atoms with van der Waals surface area (Å²) >= 11 is 0. The lowest BCUT2D eigenvalue weighted by atomic mass is 9.70. The van der Waals surface area contributed by atoms with Gasteiger partial charge in [-0.05, 0) is 38.1 Å². The molecule has 3 atom stereocenters. The minimum atomic E-state index is 0. The van der Waals surface area contributed by atoms with Gasteiger partial charge in [0.2, 0.25) is 0 Å². The first-order valence-electron chi connectivity index (χ1n) is 8.77. The Morgan fingerprint density at radius 2 is 1.96 bits per heavy atom. The smallest absolute Gasteiger partial charge is 0.0702 e. The van der Waals surface area contributed by atoms with Gasteiger partial charge in [0.1, 0.15) is 0 Å². The van der Waals surface area contributed by atoms with Crippen molar-refractivity contribution in [1.29, 1.82) is 0 Å². The van der Waals surface area contributed by atoms with Crippen molar-refractivity contribution in [2.75, 3.05) is 20.1 Å². The summed E-state index contributed by atoms with van der Waals surface area (Å²) in [5.41, 5.74) is 3.12. The SMILES string of the molecule is CC1=CN(C)C2C=CC=CC23C1CCN3CCc1ccccc1.Cl. The Hall–Kier alpha value is -1.51. The van der Waals surface area contributed by atoms with Crippen LogP contribution in [0.25, 0.3) is 0 Å². The van der Waals surface area contributed by atoms with E-state index in [1.54, 1.807) is 0 Å². The number of likely N-dealkylation sites (N-methyl/N-ethyl adjacent to an activating group) is 1. The van der Waals surface area contributed by atoms with Gasteiger partial charge < -0.3 is 4.90 Å². The molecular weight excluding hydrogens is 316 g/mol. The highest BCUT2D eigenvalue weighted by atomic mass is 35.5. The predicted octanol–water partition coefficient (Wildman–Crippen LogP) is 4.06. The first kappa shape index (κ1) is 17.3. The van der Waals surface area contributed by atoms with Crippen molar-refractivity contribution in [3.05, 3.63) is 72.0 Å². The number of likely N-dealkylation sites (tertiary alicyclic amines) is 1. The fraction of sp³-hybridized carbons (Fsp3) is 0.429. The van der Waals surface area contributed by atoms with Gasteiger partial charge in [-0.2, -0.15) is 0 Å². The summed E-state index contributed by atoms with van der Waals surface area (Å²) in [5.74, 6) is 0.653.